The lowest BCUT2D eigenvalue weighted by molar-refractivity contribution is -0.205. The van der Waals surface area contributed by atoms with Gasteiger partial charge in [-0.15, -0.1) is 0 Å². The van der Waals surface area contributed by atoms with E-state index in [2.05, 4.69) is 0 Å². The van der Waals surface area contributed by atoms with Crippen LogP contribution in [-0.2, 0) is 28.7 Å². The summed E-state index contributed by atoms with van der Waals surface area (Å²) in [6.45, 7) is 1.47. The van der Waals surface area contributed by atoms with E-state index in [1.807, 2.05) is 0 Å². The number of ether oxygens (including phenoxy) is 1. The highest BCUT2D eigenvalue weighted by Gasteiger charge is 2.74. The number of hydrogen-bond acceptors (Lipinski definition) is 11. The lowest BCUT2D eigenvalue weighted by Gasteiger charge is -2.56. The zero-order chi connectivity index (χ0) is 28.4. The minimum atomic E-state index is -3.04. The second-order valence-electron chi connectivity index (χ2n) is 10.8. The van der Waals surface area contributed by atoms with Crippen LogP contribution in [0.25, 0.3) is 0 Å². The van der Waals surface area contributed by atoms with E-state index in [4.69, 9.17) is 10.5 Å². The van der Waals surface area contributed by atoms with Gasteiger partial charge in [-0.1, -0.05) is 19.1 Å². The third-order valence-corrected chi connectivity index (χ3v) is 8.04. The molecule has 8 atom stereocenters. The number of phenolic OH excluding ortho intramolecular Hbond substituents is 1. The molecule has 1 aromatic rings. The molecule has 0 spiro atoms. The number of rotatable bonds is 5. The quantitative estimate of drug-likeness (QED) is 0.298. The smallest absolute Gasteiger partial charge is 0.320 e. The number of ketones is 4. The van der Waals surface area contributed by atoms with Gasteiger partial charge in [0.25, 0.3) is 0 Å². The van der Waals surface area contributed by atoms with Crippen LogP contribution in [0, 0.1) is 23.7 Å². The monoisotopic (exact) mass is 529 g/mol. The van der Waals surface area contributed by atoms with Crippen molar-refractivity contribution in [3.05, 3.63) is 29.3 Å². The number of hydrogen-bond donors (Lipinski definition) is 3. The molecular formula is C26H31N3O9. The number of nitrogens with zero attached hydrogens (tertiary/aromatic N) is 2. The SMILES string of the molecule is CC1c2cccc(O)c2C(=O)C2C(=O)C3(O)C(=O)C(C(N)=O)C(=O)C(N(C)C)C3C(OC(=O)CN(C)C)C21. The van der Waals surface area contributed by atoms with Crippen molar-refractivity contribution in [2.24, 2.45) is 29.4 Å². The molecule has 38 heavy (non-hydrogen) atoms. The molecule has 0 aromatic heterocycles. The van der Waals surface area contributed by atoms with Crippen molar-refractivity contribution in [3.8, 4) is 5.75 Å². The largest absolute Gasteiger partial charge is 0.507 e. The zero-order valence-electron chi connectivity index (χ0n) is 21.7. The van der Waals surface area contributed by atoms with Crippen molar-refractivity contribution < 1.29 is 43.7 Å². The molecule has 4 rings (SSSR count). The highest BCUT2D eigenvalue weighted by molar-refractivity contribution is 6.32. The van der Waals surface area contributed by atoms with Crippen molar-refractivity contribution in [2.75, 3.05) is 34.7 Å². The van der Waals surface area contributed by atoms with E-state index in [0.717, 1.165) is 0 Å². The van der Waals surface area contributed by atoms with Gasteiger partial charge >= 0.3 is 5.97 Å². The second kappa shape index (κ2) is 9.37. The predicted molar refractivity (Wildman–Crippen MR) is 130 cm³/mol. The Morgan fingerprint density at radius 3 is 2.26 bits per heavy atom. The first-order chi connectivity index (χ1) is 17.7. The maximum atomic E-state index is 14.1. The Morgan fingerprint density at radius 2 is 1.71 bits per heavy atom. The number of phenols is 1. The molecule has 1 aromatic carbocycles. The van der Waals surface area contributed by atoms with E-state index in [-0.39, 0.29) is 17.9 Å². The standard InChI is InChI=1S/C26H31N3O9/c1-10-11-7-6-8-12(30)15(11)20(32)16-14(10)22(38-13(31)9-28(2)3)18-19(29(4)5)21(33)17(25(27)36)24(35)26(18,37)23(16)34/h6-8,10,14,16-19,22,30,37H,9H2,1-5H3,(H2,27,36). The van der Waals surface area contributed by atoms with Crippen LogP contribution in [0.1, 0.15) is 28.8 Å². The third-order valence-electron chi connectivity index (χ3n) is 8.04. The van der Waals surface area contributed by atoms with E-state index < -0.39 is 82.3 Å². The fourth-order valence-electron chi connectivity index (χ4n) is 6.51. The van der Waals surface area contributed by atoms with Crippen LogP contribution in [0.5, 0.6) is 5.75 Å². The summed E-state index contributed by atoms with van der Waals surface area (Å²) in [5, 5.41) is 22.4. The molecule has 12 nitrogen and oxygen atoms in total. The van der Waals surface area contributed by atoms with Crippen molar-refractivity contribution >= 4 is 35.0 Å². The molecular weight excluding hydrogens is 498 g/mol. The number of likely N-dealkylation sites (N-methyl/N-ethyl adjacent to an activating group) is 2. The molecule has 2 saturated carbocycles. The van der Waals surface area contributed by atoms with Gasteiger partial charge < -0.3 is 20.7 Å². The topological polar surface area (TPSA) is 185 Å². The fraction of sp³-hybridized carbons (Fsp3) is 0.538. The highest BCUT2D eigenvalue weighted by atomic mass is 16.5. The van der Waals surface area contributed by atoms with Gasteiger partial charge in [-0.2, -0.15) is 0 Å². The van der Waals surface area contributed by atoms with Crippen molar-refractivity contribution in [1.82, 2.24) is 9.80 Å². The van der Waals surface area contributed by atoms with Crippen molar-refractivity contribution in [1.29, 1.82) is 0 Å². The van der Waals surface area contributed by atoms with Crippen LogP contribution in [0.2, 0.25) is 0 Å². The number of primary amides is 1. The number of Topliss-reactive ketones (excluding diaryl/α,β-unsaturated/α-hetero) is 4. The summed E-state index contributed by atoms with van der Waals surface area (Å²) in [6, 6.07) is 2.98. The first-order valence-corrected chi connectivity index (χ1v) is 12.2. The number of benzene rings is 1. The summed E-state index contributed by atoms with van der Waals surface area (Å²) >= 11 is 0. The van der Waals surface area contributed by atoms with Gasteiger partial charge in [-0.25, -0.2) is 0 Å². The summed E-state index contributed by atoms with van der Waals surface area (Å²) in [5.74, 6) is -14.2. The number of carbonyl (C=O) groups is 6. The van der Waals surface area contributed by atoms with Crippen LogP contribution in [0.3, 0.4) is 0 Å². The van der Waals surface area contributed by atoms with Crippen molar-refractivity contribution in [3.63, 3.8) is 0 Å². The molecule has 0 radical (unpaired) electrons. The number of aliphatic hydroxyl groups is 1. The molecule has 0 saturated heterocycles. The maximum Gasteiger partial charge on any atom is 0.320 e. The summed E-state index contributed by atoms with van der Waals surface area (Å²) in [6.07, 6.45) is -1.46. The van der Waals surface area contributed by atoms with Crippen LogP contribution >= 0.6 is 0 Å². The minimum Gasteiger partial charge on any atom is -0.507 e. The molecule has 4 N–H and O–H groups in total. The van der Waals surface area contributed by atoms with Crippen molar-refractivity contribution in [2.45, 2.75) is 30.6 Å². The number of nitrogens with two attached hydrogens (primary N) is 1. The average Bonchev–Trinajstić information content (AvgIpc) is 2.80. The van der Waals surface area contributed by atoms with Gasteiger partial charge in [-0.05, 0) is 45.7 Å². The van der Waals surface area contributed by atoms with Gasteiger partial charge in [-0.3, -0.25) is 38.6 Å². The molecule has 0 bridgehead atoms. The molecule has 1 amide bonds. The second-order valence-corrected chi connectivity index (χ2v) is 10.8. The van der Waals surface area contributed by atoms with E-state index in [1.54, 1.807) is 27.1 Å². The normalized spacial score (nSPS) is 34.6. The molecule has 2 fully saturated rings. The molecule has 3 aliphatic rings. The molecule has 8 unspecified atom stereocenters. The van der Waals surface area contributed by atoms with Crippen LogP contribution in [0.4, 0.5) is 0 Å². The van der Waals surface area contributed by atoms with Gasteiger partial charge in [0.2, 0.25) is 5.91 Å². The van der Waals surface area contributed by atoms with E-state index in [0.29, 0.717) is 5.56 Å². The van der Waals surface area contributed by atoms with Gasteiger partial charge in [0, 0.05) is 5.92 Å². The van der Waals surface area contributed by atoms with E-state index in [9.17, 15) is 39.0 Å². The fourth-order valence-corrected chi connectivity index (χ4v) is 6.51. The Bertz CT molecular complexity index is 1260. The maximum absolute atomic E-state index is 14.1. The zero-order valence-corrected chi connectivity index (χ0v) is 21.7. The van der Waals surface area contributed by atoms with Crippen LogP contribution < -0.4 is 5.73 Å². The molecule has 204 valence electrons. The average molecular weight is 530 g/mol. The number of esters is 1. The van der Waals surface area contributed by atoms with Crippen LogP contribution in [0.15, 0.2) is 18.2 Å². The summed E-state index contributed by atoms with van der Waals surface area (Å²) < 4.78 is 5.84. The van der Waals surface area contributed by atoms with E-state index >= 15 is 0 Å². The Morgan fingerprint density at radius 1 is 1.08 bits per heavy atom. The van der Waals surface area contributed by atoms with Gasteiger partial charge in [0.1, 0.15) is 11.9 Å². The van der Waals surface area contributed by atoms with E-state index in [1.165, 1.54) is 36.0 Å². The summed E-state index contributed by atoms with van der Waals surface area (Å²) in [5.41, 5.74) is 2.58. The lowest BCUT2D eigenvalue weighted by Crippen LogP contribution is -2.78. The molecule has 0 heterocycles. The first-order valence-electron chi connectivity index (χ1n) is 12.2. The lowest BCUT2D eigenvalue weighted by atomic mass is 9.49. The predicted octanol–water partition coefficient (Wildman–Crippen LogP) is -1.49. The highest BCUT2D eigenvalue weighted by Crippen LogP contribution is 2.55. The number of amides is 1. The third kappa shape index (κ3) is 3.77. The molecule has 3 aliphatic carbocycles. The summed E-state index contributed by atoms with van der Waals surface area (Å²) in [4.78, 5) is 82.8. The number of fused-ring (bicyclic) bond motifs is 3. The van der Waals surface area contributed by atoms with Gasteiger partial charge in [0.05, 0.1) is 30.0 Å². The Balaban J connectivity index is 2.00. The minimum absolute atomic E-state index is 0.134. The Hall–Kier alpha value is -3.48. The molecule has 0 aliphatic heterocycles. The summed E-state index contributed by atoms with van der Waals surface area (Å²) in [7, 11) is 6.14. The van der Waals surface area contributed by atoms with Gasteiger partial charge in [0.15, 0.2) is 34.7 Å². The number of aromatic hydroxyl groups is 1. The first kappa shape index (κ1) is 27.6. The molecule has 12 heteroatoms. The number of carbonyl (C=O) groups excluding carboxylic acids is 6. The Kier molecular flexibility index (Phi) is 6.79. The van der Waals surface area contributed by atoms with Crippen LogP contribution in [-0.4, -0.2) is 108 Å². The Labute approximate surface area is 218 Å².